The molecule has 1 aromatic rings. The summed E-state index contributed by atoms with van der Waals surface area (Å²) in [4.78, 5) is 14.8. The summed E-state index contributed by atoms with van der Waals surface area (Å²) < 4.78 is 0. The van der Waals surface area contributed by atoms with Crippen molar-refractivity contribution in [3.8, 4) is 0 Å². The van der Waals surface area contributed by atoms with Gasteiger partial charge in [0.25, 0.3) is 0 Å². The van der Waals surface area contributed by atoms with Gasteiger partial charge in [-0.3, -0.25) is 4.79 Å². The summed E-state index contributed by atoms with van der Waals surface area (Å²) in [5.41, 5.74) is 3.48. The Morgan fingerprint density at radius 3 is 2.80 bits per heavy atom. The van der Waals surface area contributed by atoms with Crippen LogP contribution in [0.3, 0.4) is 0 Å². The van der Waals surface area contributed by atoms with Crippen molar-refractivity contribution in [2.45, 2.75) is 46.0 Å². The first kappa shape index (κ1) is 13.5. The van der Waals surface area contributed by atoms with Gasteiger partial charge in [-0.2, -0.15) is 0 Å². The topological polar surface area (TPSA) is 32.3 Å². The molecule has 0 unspecified atom stereocenters. The van der Waals surface area contributed by atoms with Crippen LogP contribution in [0.1, 0.15) is 45.1 Å². The van der Waals surface area contributed by atoms with E-state index in [1.165, 1.54) is 24.1 Å². The lowest BCUT2D eigenvalue weighted by atomic mass is 9.88. The maximum Gasteiger partial charge on any atom is 0.230 e. The molecule has 2 aliphatic rings. The summed E-state index contributed by atoms with van der Waals surface area (Å²) in [5, 5.41) is 3.13. The third kappa shape index (κ3) is 2.30. The normalized spacial score (nSPS) is 20.0. The summed E-state index contributed by atoms with van der Waals surface area (Å²) in [7, 11) is 0. The quantitative estimate of drug-likeness (QED) is 0.912. The Bertz CT molecular complexity index is 518. The van der Waals surface area contributed by atoms with Gasteiger partial charge in [-0.05, 0) is 43.9 Å². The first-order valence-corrected chi connectivity index (χ1v) is 7.82. The smallest absolute Gasteiger partial charge is 0.230 e. The summed E-state index contributed by atoms with van der Waals surface area (Å²) >= 11 is 0. The van der Waals surface area contributed by atoms with Gasteiger partial charge in [0.05, 0.1) is 0 Å². The minimum Gasteiger partial charge on any atom is -0.371 e. The highest BCUT2D eigenvalue weighted by Gasteiger charge is 2.36. The number of carbonyl (C=O) groups is 1. The number of benzene rings is 1. The monoisotopic (exact) mass is 272 g/mol. The van der Waals surface area contributed by atoms with Crippen molar-refractivity contribution in [2.75, 3.05) is 23.3 Å². The Morgan fingerprint density at radius 1 is 1.35 bits per heavy atom. The number of amides is 1. The lowest BCUT2D eigenvalue weighted by Gasteiger charge is -2.23. The molecule has 0 saturated heterocycles. The van der Waals surface area contributed by atoms with E-state index in [0.29, 0.717) is 0 Å². The molecule has 1 fully saturated rings. The van der Waals surface area contributed by atoms with Gasteiger partial charge < -0.3 is 10.2 Å². The van der Waals surface area contributed by atoms with Crippen molar-refractivity contribution < 1.29 is 4.79 Å². The van der Waals surface area contributed by atoms with Crippen LogP contribution < -0.4 is 10.2 Å². The SMILES string of the molecule is CCN1CCc2ccc(NC(=O)C3(C)CCCC3)cc21. The van der Waals surface area contributed by atoms with Crippen LogP contribution in [0, 0.1) is 5.41 Å². The Labute approximate surface area is 121 Å². The zero-order valence-corrected chi connectivity index (χ0v) is 12.5. The van der Waals surface area contributed by atoms with E-state index in [1.54, 1.807) is 0 Å². The number of likely N-dealkylation sites (N-methyl/N-ethyl adjacent to an activating group) is 1. The molecule has 3 rings (SSSR count). The van der Waals surface area contributed by atoms with Crippen molar-refractivity contribution in [1.82, 2.24) is 0 Å². The number of hydrogen-bond acceptors (Lipinski definition) is 2. The average molecular weight is 272 g/mol. The van der Waals surface area contributed by atoms with E-state index >= 15 is 0 Å². The van der Waals surface area contributed by atoms with Crippen molar-refractivity contribution in [3.05, 3.63) is 23.8 Å². The van der Waals surface area contributed by atoms with E-state index in [0.717, 1.165) is 38.0 Å². The Balaban J connectivity index is 1.77. The molecule has 108 valence electrons. The highest BCUT2D eigenvalue weighted by atomic mass is 16.2. The molecule has 0 radical (unpaired) electrons. The van der Waals surface area contributed by atoms with Gasteiger partial charge >= 0.3 is 0 Å². The zero-order chi connectivity index (χ0) is 14.2. The second-order valence-corrected chi connectivity index (χ2v) is 6.40. The van der Waals surface area contributed by atoms with Crippen LogP contribution in [0.2, 0.25) is 0 Å². The van der Waals surface area contributed by atoms with Gasteiger partial charge in [0.1, 0.15) is 0 Å². The highest BCUT2D eigenvalue weighted by molar-refractivity contribution is 5.95. The summed E-state index contributed by atoms with van der Waals surface area (Å²) in [5.74, 6) is 0.191. The number of anilines is 2. The fourth-order valence-corrected chi connectivity index (χ4v) is 3.52. The maximum atomic E-state index is 12.5. The first-order chi connectivity index (χ1) is 9.62. The molecule has 1 N–H and O–H groups in total. The van der Waals surface area contributed by atoms with Crippen LogP contribution in [0.5, 0.6) is 0 Å². The predicted molar refractivity (Wildman–Crippen MR) is 83.2 cm³/mol. The summed E-state index contributed by atoms with van der Waals surface area (Å²) in [6.45, 7) is 6.41. The van der Waals surface area contributed by atoms with Crippen molar-refractivity contribution in [2.24, 2.45) is 5.41 Å². The fraction of sp³-hybridized carbons (Fsp3) is 0.588. The summed E-state index contributed by atoms with van der Waals surface area (Å²) in [6, 6.07) is 6.35. The lowest BCUT2D eigenvalue weighted by molar-refractivity contribution is -0.124. The van der Waals surface area contributed by atoms with E-state index < -0.39 is 0 Å². The third-order valence-corrected chi connectivity index (χ3v) is 4.97. The molecule has 1 aromatic carbocycles. The molecule has 0 spiro atoms. The molecule has 1 saturated carbocycles. The van der Waals surface area contributed by atoms with E-state index in [9.17, 15) is 4.79 Å². The minimum absolute atomic E-state index is 0.163. The number of nitrogens with one attached hydrogen (secondary N) is 1. The molecule has 1 heterocycles. The average Bonchev–Trinajstić information content (AvgIpc) is 3.05. The molecule has 1 aliphatic heterocycles. The molecule has 3 nitrogen and oxygen atoms in total. The molecule has 0 atom stereocenters. The van der Waals surface area contributed by atoms with Gasteiger partial charge in [0, 0.05) is 29.9 Å². The number of rotatable bonds is 3. The van der Waals surface area contributed by atoms with Gasteiger partial charge in [-0.15, -0.1) is 0 Å². The number of nitrogens with zero attached hydrogens (tertiary/aromatic N) is 1. The molecule has 20 heavy (non-hydrogen) atoms. The molecule has 1 amide bonds. The fourth-order valence-electron chi connectivity index (χ4n) is 3.52. The third-order valence-electron chi connectivity index (χ3n) is 4.97. The van der Waals surface area contributed by atoms with E-state index in [2.05, 4.69) is 36.2 Å². The number of fused-ring (bicyclic) bond motifs is 1. The van der Waals surface area contributed by atoms with Crippen LogP contribution in [-0.2, 0) is 11.2 Å². The lowest BCUT2D eigenvalue weighted by Crippen LogP contribution is -2.30. The molecule has 3 heteroatoms. The molecular weight excluding hydrogens is 248 g/mol. The maximum absolute atomic E-state index is 12.5. The Kier molecular flexibility index (Phi) is 3.45. The van der Waals surface area contributed by atoms with Gasteiger partial charge in [0.15, 0.2) is 0 Å². The highest BCUT2D eigenvalue weighted by Crippen LogP contribution is 2.39. The predicted octanol–water partition coefficient (Wildman–Crippen LogP) is 3.59. The van der Waals surface area contributed by atoms with Crippen LogP contribution in [0.4, 0.5) is 11.4 Å². The molecule has 1 aliphatic carbocycles. The molecule has 0 bridgehead atoms. The van der Waals surface area contributed by atoms with E-state index in [4.69, 9.17) is 0 Å². The largest absolute Gasteiger partial charge is 0.371 e. The first-order valence-electron chi connectivity index (χ1n) is 7.82. The standard InChI is InChI=1S/C17H24N2O/c1-3-19-11-8-13-6-7-14(12-15(13)19)18-16(20)17(2)9-4-5-10-17/h6-7,12H,3-5,8-11H2,1-2H3,(H,18,20). The van der Waals surface area contributed by atoms with Crippen LogP contribution in [0.15, 0.2) is 18.2 Å². The van der Waals surface area contributed by atoms with Crippen molar-refractivity contribution >= 4 is 17.3 Å². The second-order valence-electron chi connectivity index (χ2n) is 6.40. The number of carbonyl (C=O) groups excluding carboxylic acids is 1. The Hall–Kier alpha value is -1.51. The van der Waals surface area contributed by atoms with E-state index in [-0.39, 0.29) is 11.3 Å². The summed E-state index contributed by atoms with van der Waals surface area (Å²) in [6.07, 6.45) is 5.51. The minimum atomic E-state index is -0.163. The van der Waals surface area contributed by atoms with Gasteiger partial charge in [0.2, 0.25) is 5.91 Å². The van der Waals surface area contributed by atoms with Crippen molar-refractivity contribution in [3.63, 3.8) is 0 Å². The molecular formula is C17H24N2O. The van der Waals surface area contributed by atoms with Crippen LogP contribution in [-0.4, -0.2) is 19.0 Å². The van der Waals surface area contributed by atoms with Crippen LogP contribution >= 0.6 is 0 Å². The van der Waals surface area contributed by atoms with Crippen molar-refractivity contribution in [1.29, 1.82) is 0 Å². The molecule has 0 aromatic heterocycles. The van der Waals surface area contributed by atoms with Gasteiger partial charge in [-0.25, -0.2) is 0 Å². The number of hydrogen-bond donors (Lipinski definition) is 1. The van der Waals surface area contributed by atoms with E-state index in [1.807, 2.05) is 6.07 Å². The zero-order valence-electron chi connectivity index (χ0n) is 12.5. The second kappa shape index (κ2) is 5.12. The van der Waals surface area contributed by atoms with Crippen LogP contribution in [0.25, 0.3) is 0 Å². The Morgan fingerprint density at radius 2 is 2.10 bits per heavy atom. The van der Waals surface area contributed by atoms with Gasteiger partial charge in [-0.1, -0.05) is 25.8 Å².